The molecular weight excluding hydrogens is 256 g/mol. The molecule has 0 fully saturated rings. The van der Waals surface area contributed by atoms with E-state index in [2.05, 4.69) is 4.98 Å². The predicted molar refractivity (Wildman–Crippen MR) is 79.7 cm³/mol. The summed E-state index contributed by atoms with van der Waals surface area (Å²) in [5, 5.41) is 1.07. The zero-order valence-corrected chi connectivity index (χ0v) is 12.5. The van der Waals surface area contributed by atoms with Crippen LogP contribution in [-0.2, 0) is 12.0 Å². The fourth-order valence-electron chi connectivity index (χ4n) is 1.69. The average molecular weight is 276 g/mol. The highest BCUT2D eigenvalue weighted by molar-refractivity contribution is 7.11. The molecule has 1 aromatic heterocycles. The van der Waals surface area contributed by atoms with Gasteiger partial charge in [-0.2, -0.15) is 0 Å². The van der Waals surface area contributed by atoms with Crippen molar-refractivity contribution in [2.24, 2.45) is 5.73 Å². The van der Waals surface area contributed by atoms with E-state index in [9.17, 15) is 0 Å². The molecule has 0 aliphatic heterocycles. The minimum absolute atomic E-state index is 0.313. The van der Waals surface area contributed by atoms with E-state index in [1.54, 1.807) is 11.3 Å². The summed E-state index contributed by atoms with van der Waals surface area (Å²) in [5.74, 6) is 0.943. The Labute approximate surface area is 118 Å². The predicted octanol–water partition coefficient (Wildman–Crippen LogP) is 3.27. The summed E-state index contributed by atoms with van der Waals surface area (Å²) in [6, 6.07) is 8.04. The van der Waals surface area contributed by atoms with Gasteiger partial charge in [0, 0.05) is 23.0 Å². The first-order chi connectivity index (χ1) is 8.97. The number of nitrogens with zero attached hydrogens (tertiary/aromatic N) is 1. The highest BCUT2D eigenvalue weighted by atomic mass is 32.1. The van der Waals surface area contributed by atoms with Crippen LogP contribution in [0.3, 0.4) is 0 Å². The van der Waals surface area contributed by atoms with Crippen molar-refractivity contribution in [1.82, 2.24) is 4.98 Å². The van der Waals surface area contributed by atoms with Crippen molar-refractivity contribution < 1.29 is 4.74 Å². The molecule has 0 unspecified atom stereocenters. The van der Waals surface area contributed by atoms with Gasteiger partial charge in [-0.3, -0.25) is 0 Å². The zero-order chi connectivity index (χ0) is 13.9. The van der Waals surface area contributed by atoms with Gasteiger partial charge < -0.3 is 10.5 Å². The van der Waals surface area contributed by atoms with E-state index < -0.39 is 0 Å². The second-order valence-electron chi connectivity index (χ2n) is 5.20. The van der Waals surface area contributed by atoms with E-state index in [-0.39, 0.29) is 5.54 Å². The van der Waals surface area contributed by atoms with E-state index in [0.29, 0.717) is 6.61 Å². The Hall–Kier alpha value is -1.39. The van der Waals surface area contributed by atoms with Gasteiger partial charge in [-0.1, -0.05) is 18.2 Å². The lowest BCUT2D eigenvalue weighted by molar-refractivity contribution is 0.319. The molecule has 0 bridgehead atoms. The Morgan fingerprint density at radius 2 is 2.05 bits per heavy atom. The minimum Gasteiger partial charge on any atom is -0.493 e. The number of para-hydroxylation sites is 1. The average Bonchev–Trinajstić information content (AvgIpc) is 2.80. The highest BCUT2D eigenvalue weighted by Gasteiger charge is 2.17. The van der Waals surface area contributed by atoms with Crippen molar-refractivity contribution in [1.29, 1.82) is 0 Å². The van der Waals surface area contributed by atoms with Crippen LogP contribution >= 0.6 is 11.3 Å². The second-order valence-corrected chi connectivity index (χ2v) is 6.32. The molecule has 19 heavy (non-hydrogen) atoms. The summed E-state index contributed by atoms with van der Waals surface area (Å²) in [4.78, 5) is 5.50. The third-order valence-corrected chi connectivity index (χ3v) is 4.25. The number of aromatic nitrogens is 1. The van der Waals surface area contributed by atoms with Crippen molar-refractivity contribution in [2.75, 3.05) is 6.61 Å². The second kappa shape index (κ2) is 5.72. The van der Waals surface area contributed by atoms with Crippen LogP contribution in [0.5, 0.6) is 5.75 Å². The van der Waals surface area contributed by atoms with Gasteiger partial charge >= 0.3 is 0 Å². The first-order valence-electron chi connectivity index (χ1n) is 6.39. The van der Waals surface area contributed by atoms with E-state index in [1.807, 2.05) is 51.2 Å². The highest BCUT2D eigenvalue weighted by Crippen LogP contribution is 2.24. The Balaban J connectivity index is 1.90. The third-order valence-electron chi connectivity index (χ3n) is 2.86. The number of thiazole rings is 1. The molecular formula is C15H20N2OS. The molecule has 0 aliphatic rings. The standard InChI is InChI=1S/C15H20N2OS/c1-11-6-4-5-7-12(11)18-9-8-14-17-10-13(19-14)15(2,3)16/h4-7,10H,8-9,16H2,1-3H3. The van der Waals surface area contributed by atoms with Gasteiger partial charge in [0.1, 0.15) is 5.75 Å². The lowest BCUT2D eigenvalue weighted by Crippen LogP contribution is -2.27. The number of benzene rings is 1. The molecule has 2 rings (SSSR count). The van der Waals surface area contributed by atoms with Crippen LogP contribution in [0.1, 0.15) is 29.3 Å². The number of ether oxygens (including phenoxy) is 1. The van der Waals surface area contributed by atoms with Crippen LogP contribution < -0.4 is 10.5 Å². The molecule has 1 aromatic carbocycles. The van der Waals surface area contributed by atoms with Crippen molar-refractivity contribution in [3.63, 3.8) is 0 Å². The van der Waals surface area contributed by atoms with Gasteiger partial charge in [0.25, 0.3) is 0 Å². The summed E-state index contributed by atoms with van der Waals surface area (Å²) >= 11 is 1.66. The maximum Gasteiger partial charge on any atom is 0.122 e. The molecule has 2 N–H and O–H groups in total. The molecule has 2 aromatic rings. The summed E-state index contributed by atoms with van der Waals surface area (Å²) < 4.78 is 5.77. The maximum atomic E-state index is 6.05. The van der Waals surface area contributed by atoms with Gasteiger partial charge in [0.15, 0.2) is 0 Å². The maximum absolute atomic E-state index is 6.05. The first kappa shape index (κ1) is 14.0. The van der Waals surface area contributed by atoms with Gasteiger partial charge in [0.2, 0.25) is 0 Å². The number of aryl methyl sites for hydroxylation is 1. The largest absolute Gasteiger partial charge is 0.493 e. The minimum atomic E-state index is -0.313. The summed E-state index contributed by atoms with van der Waals surface area (Å²) in [6.07, 6.45) is 2.68. The Bertz CT molecular complexity index is 543. The summed E-state index contributed by atoms with van der Waals surface area (Å²) in [6.45, 7) is 6.68. The number of hydrogen-bond donors (Lipinski definition) is 1. The Morgan fingerprint density at radius 1 is 1.32 bits per heavy atom. The SMILES string of the molecule is Cc1ccccc1OCCc1ncc(C(C)(C)N)s1. The number of nitrogens with two attached hydrogens (primary N) is 1. The van der Waals surface area contributed by atoms with Crippen LogP contribution in [-0.4, -0.2) is 11.6 Å². The Morgan fingerprint density at radius 3 is 2.68 bits per heavy atom. The molecule has 0 aliphatic carbocycles. The van der Waals surface area contributed by atoms with E-state index in [4.69, 9.17) is 10.5 Å². The lowest BCUT2D eigenvalue weighted by atomic mass is 10.1. The molecule has 1 heterocycles. The topological polar surface area (TPSA) is 48.1 Å². The van der Waals surface area contributed by atoms with Crippen molar-refractivity contribution in [3.05, 3.63) is 45.9 Å². The zero-order valence-electron chi connectivity index (χ0n) is 11.6. The molecule has 0 spiro atoms. The quantitative estimate of drug-likeness (QED) is 0.911. The van der Waals surface area contributed by atoms with Crippen LogP contribution in [0, 0.1) is 6.92 Å². The molecule has 0 amide bonds. The molecule has 3 nitrogen and oxygen atoms in total. The van der Waals surface area contributed by atoms with Gasteiger partial charge in [0.05, 0.1) is 11.6 Å². The van der Waals surface area contributed by atoms with Gasteiger partial charge in [-0.05, 0) is 32.4 Å². The lowest BCUT2D eigenvalue weighted by Gasteiger charge is -2.14. The van der Waals surface area contributed by atoms with E-state index >= 15 is 0 Å². The monoisotopic (exact) mass is 276 g/mol. The summed E-state index contributed by atoms with van der Waals surface area (Å²) in [5.41, 5.74) is 6.89. The van der Waals surface area contributed by atoms with Crippen molar-refractivity contribution >= 4 is 11.3 Å². The number of rotatable bonds is 5. The molecule has 0 saturated carbocycles. The first-order valence-corrected chi connectivity index (χ1v) is 7.21. The Kier molecular flexibility index (Phi) is 4.22. The van der Waals surface area contributed by atoms with Gasteiger partial charge in [-0.15, -0.1) is 11.3 Å². The van der Waals surface area contributed by atoms with E-state index in [0.717, 1.165) is 27.6 Å². The van der Waals surface area contributed by atoms with Crippen LogP contribution in [0.15, 0.2) is 30.5 Å². The molecule has 0 radical (unpaired) electrons. The van der Waals surface area contributed by atoms with Crippen molar-refractivity contribution in [2.45, 2.75) is 32.7 Å². The van der Waals surface area contributed by atoms with Crippen LogP contribution in [0.4, 0.5) is 0 Å². The van der Waals surface area contributed by atoms with Crippen LogP contribution in [0.2, 0.25) is 0 Å². The molecule has 102 valence electrons. The molecule has 0 saturated heterocycles. The van der Waals surface area contributed by atoms with Crippen LogP contribution in [0.25, 0.3) is 0 Å². The van der Waals surface area contributed by atoms with E-state index in [1.165, 1.54) is 0 Å². The van der Waals surface area contributed by atoms with Crippen molar-refractivity contribution in [3.8, 4) is 5.75 Å². The summed E-state index contributed by atoms with van der Waals surface area (Å²) in [7, 11) is 0. The van der Waals surface area contributed by atoms with Gasteiger partial charge in [-0.25, -0.2) is 4.98 Å². The molecule has 0 atom stereocenters. The third kappa shape index (κ3) is 3.78. The fourth-order valence-corrected chi connectivity index (χ4v) is 2.60. The fraction of sp³-hybridized carbons (Fsp3) is 0.400. The normalized spacial score (nSPS) is 11.6. The number of hydrogen-bond acceptors (Lipinski definition) is 4. The smallest absolute Gasteiger partial charge is 0.122 e. The molecule has 4 heteroatoms.